The van der Waals surface area contributed by atoms with E-state index < -0.39 is 0 Å². The molecule has 1 aliphatic heterocycles. The molecule has 0 N–H and O–H groups in total. The summed E-state index contributed by atoms with van der Waals surface area (Å²) in [6.45, 7) is 7.31. The molecular formula is C18H24N4OS. The molecule has 1 aromatic carbocycles. The van der Waals surface area contributed by atoms with Crippen LogP contribution in [0.4, 0.5) is 0 Å². The van der Waals surface area contributed by atoms with E-state index in [1.54, 1.807) is 11.3 Å². The molecule has 0 radical (unpaired) electrons. The fraction of sp³-hybridized carbons (Fsp3) is 0.500. The van der Waals surface area contributed by atoms with Gasteiger partial charge in [-0.1, -0.05) is 37.3 Å². The van der Waals surface area contributed by atoms with Crippen LogP contribution in [0.2, 0.25) is 0 Å². The van der Waals surface area contributed by atoms with Gasteiger partial charge in [0.2, 0.25) is 5.91 Å². The van der Waals surface area contributed by atoms with Crippen LogP contribution in [0, 0.1) is 6.92 Å². The number of hydrogen-bond donors (Lipinski definition) is 0. The van der Waals surface area contributed by atoms with Gasteiger partial charge < -0.3 is 4.90 Å². The number of carbonyl (C=O) groups is 1. The highest BCUT2D eigenvalue weighted by molar-refractivity contribution is 7.11. The Hall–Kier alpha value is -1.79. The number of nitrogens with zero attached hydrogens (tertiary/aromatic N) is 4. The van der Waals surface area contributed by atoms with Gasteiger partial charge in [0, 0.05) is 32.1 Å². The van der Waals surface area contributed by atoms with Crippen molar-refractivity contribution in [1.29, 1.82) is 0 Å². The van der Waals surface area contributed by atoms with E-state index in [-0.39, 0.29) is 11.9 Å². The number of rotatable bonds is 5. The second kappa shape index (κ2) is 7.85. The molecule has 1 amide bonds. The van der Waals surface area contributed by atoms with Crippen molar-refractivity contribution in [1.82, 2.24) is 20.0 Å². The largest absolute Gasteiger partial charge is 0.334 e. The summed E-state index contributed by atoms with van der Waals surface area (Å²) in [5.41, 5.74) is 1.19. The number of hydrogen-bond acceptors (Lipinski definition) is 5. The molecule has 0 spiro atoms. The first-order valence-electron chi connectivity index (χ1n) is 8.50. The van der Waals surface area contributed by atoms with Gasteiger partial charge in [-0.3, -0.25) is 9.69 Å². The minimum Gasteiger partial charge on any atom is -0.334 e. The topological polar surface area (TPSA) is 49.3 Å². The molecule has 1 aliphatic rings. The summed E-state index contributed by atoms with van der Waals surface area (Å²) in [5.74, 6) is 0.252. The van der Waals surface area contributed by atoms with Gasteiger partial charge in [-0.05, 0) is 18.9 Å². The first kappa shape index (κ1) is 17.0. The fourth-order valence-corrected chi connectivity index (χ4v) is 3.92. The number of aromatic nitrogens is 2. The summed E-state index contributed by atoms with van der Waals surface area (Å²) in [6.07, 6.45) is 1.53. The summed E-state index contributed by atoms with van der Waals surface area (Å²) >= 11 is 1.64. The predicted molar refractivity (Wildman–Crippen MR) is 95.6 cm³/mol. The van der Waals surface area contributed by atoms with Crippen LogP contribution in [0.1, 0.15) is 35.3 Å². The first-order chi connectivity index (χ1) is 11.7. The summed E-state index contributed by atoms with van der Waals surface area (Å²) in [7, 11) is 0. The van der Waals surface area contributed by atoms with E-state index in [2.05, 4.69) is 39.1 Å². The summed E-state index contributed by atoms with van der Waals surface area (Å²) in [6, 6.07) is 10.5. The Labute approximate surface area is 147 Å². The number of aryl methyl sites for hydroxylation is 1. The van der Waals surface area contributed by atoms with Crippen molar-refractivity contribution in [3.8, 4) is 0 Å². The highest BCUT2D eigenvalue weighted by Crippen LogP contribution is 2.20. The SMILES string of the molecule is CC[C@@H]1CN(Cc2nnc(C)s2)CCC(=O)N1Cc1ccccc1. The van der Waals surface area contributed by atoms with Crippen LogP contribution >= 0.6 is 11.3 Å². The molecule has 1 aromatic heterocycles. The van der Waals surface area contributed by atoms with Crippen LogP contribution < -0.4 is 0 Å². The monoisotopic (exact) mass is 344 g/mol. The number of benzene rings is 1. The Kier molecular flexibility index (Phi) is 5.58. The molecule has 1 fully saturated rings. The molecule has 0 saturated carbocycles. The Morgan fingerprint density at radius 3 is 2.67 bits per heavy atom. The molecule has 1 atom stereocenters. The molecule has 5 nitrogen and oxygen atoms in total. The van der Waals surface area contributed by atoms with Crippen LogP contribution in [-0.4, -0.2) is 45.0 Å². The van der Waals surface area contributed by atoms with Gasteiger partial charge in [-0.25, -0.2) is 0 Å². The third-order valence-corrected chi connectivity index (χ3v) is 5.29. The van der Waals surface area contributed by atoms with Gasteiger partial charge in [0.25, 0.3) is 0 Å². The van der Waals surface area contributed by atoms with Crippen LogP contribution in [0.25, 0.3) is 0 Å². The van der Waals surface area contributed by atoms with E-state index in [4.69, 9.17) is 0 Å². The quantitative estimate of drug-likeness (QED) is 0.837. The standard InChI is InChI=1S/C18H24N4OS/c1-3-16-12-21(13-17-20-19-14(2)24-17)10-9-18(23)22(16)11-15-7-5-4-6-8-15/h4-8,16H,3,9-13H2,1-2H3/t16-/m1/s1. The van der Waals surface area contributed by atoms with E-state index in [0.29, 0.717) is 13.0 Å². The Bertz CT molecular complexity index is 673. The maximum Gasteiger partial charge on any atom is 0.224 e. The zero-order chi connectivity index (χ0) is 16.9. The van der Waals surface area contributed by atoms with Crippen molar-refractivity contribution in [3.63, 3.8) is 0 Å². The Balaban J connectivity index is 1.71. The molecule has 1 saturated heterocycles. The second-order valence-electron chi connectivity index (χ2n) is 6.27. The van der Waals surface area contributed by atoms with Gasteiger partial charge >= 0.3 is 0 Å². The highest BCUT2D eigenvalue weighted by Gasteiger charge is 2.29. The molecule has 0 bridgehead atoms. The van der Waals surface area contributed by atoms with E-state index in [9.17, 15) is 4.79 Å². The summed E-state index contributed by atoms with van der Waals surface area (Å²) in [5, 5.41) is 10.3. The van der Waals surface area contributed by atoms with Gasteiger partial charge in [0.15, 0.2) is 0 Å². The lowest BCUT2D eigenvalue weighted by molar-refractivity contribution is -0.133. The van der Waals surface area contributed by atoms with Crippen LogP contribution in [-0.2, 0) is 17.9 Å². The predicted octanol–water partition coefficient (Wildman–Crippen LogP) is 2.86. The minimum absolute atomic E-state index is 0.245. The second-order valence-corrected chi connectivity index (χ2v) is 7.54. The van der Waals surface area contributed by atoms with Crippen molar-refractivity contribution >= 4 is 17.2 Å². The minimum atomic E-state index is 0.245. The van der Waals surface area contributed by atoms with E-state index in [1.165, 1.54) is 5.56 Å². The lowest BCUT2D eigenvalue weighted by atomic mass is 10.1. The van der Waals surface area contributed by atoms with Crippen molar-refractivity contribution in [2.45, 2.75) is 45.8 Å². The molecule has 24 heavy (non-hydrogen) atoms. The lowest BCUT2D eigenvalue weighted by Gasteiger charge is -2.31. The van der Waals surface area contributed by atoms with Gasteiger partial charge in [-0.15, -0.1) is 21.5 Å². The molecule has 0 unspecified atom stereocenters. The average Bonchev–Trinajstić information content (AvgIpc) is 2.94. The zero-order valence-electron chi connectivity index (χ0n) is 14.3. The normalized spacial score (nSPS) is 19.5. The third kappa shape index (κ3) is 4.19. The molecule has 6 heteroatoms. The van der Waals surface area contributed by atoms with E-state index >= 15 is 0 Å². The average molecular weight is 344 g/mol. The third-order valence-electron chi connectivity index (χ3n) is 4.47. The number of amides is 1. The van der Waals surface area contributed by atoms with Crippen LogP contribution in [0.15, 0.2) is 30.3 Å². The molecule has 2 heterocycles. The smallest absolute Gasteiger partial charge is 0.224 e. The Morgan fingerprint density at radius 2 is 2.00 bits per heavy atom. The molecule has 2 aromatic rings. The van der Waals surface area contributed by atoms with Crippen molar-refractivity contribution in [2.75, 3.05) is 13.1 Å². The van der Waals surface area contributed by atoms with Crippen molar-refractivity contribution in [2.24, 2.45) is 0 Å². The fourth-order valence-electron chi connectivity index (χ4n) is 3.17. The maximum absolute atomic E-state index is 12.7. The molecule has 0 aliphatic carbocycles. The lowest BCUT2D eigenvalue weighted by Crippen LogP contribution is -2.42. The van der Waals surface area contributed by atoms with E-state index in [1.807, 2.05) is 25.1 Å². The zero-order valence-corrected chi connectivity index (χ0v) is 15.1. The van der Waals surface area contributed by atoms with Crippen LogP contribution in [0.5, 0.6) is 0 Å². The van der Waals surface area contributed by atoms with Gasteiger partial charge in [0.1, 0.15) is 10.0 Å². The van der Waals surface area contributed by atoms with Gasteiger partial charge in [-0.2, -0.15) is 0 Å². The first-order valence-corrected chi connectivity index (χ1v) is 9.32. The van der Waals surface area contributed by atoms with Gasteiger partial charge in [0.05, 0.1) is 6.54 Å². The Morgan fingerprint density at radius 1 is 1.21 bits per heavy atom. The van der Waals surface area contributed by atoms with Crippen LogP contribution in [0.3, 0.4) is 0 Å². The molecule has 128 valence electrons. The van der Waals surface area contributed by atoms with E-state index in [0.717, 1.165) is 36.1 Å². The molecular weight excluding hydrogens is 320 g/mol. The van der Waals surface area contributed by atoms with Crippen molar-refractivity contribution < 1.29 is 4.79 Å². The summed E-state index contributed by atoms with van der Waals surface area (Å²) in [4.78, 5) is 17.1. The summed E-state index contributed by atoms with van der Waals surface area (Å²) < 4.78 is 0. The maximum atomic E-state index is 12.7. The van der Waals surface area contributed by atoms with Crippen molar-refractivity contribution in [3.05, 3.63) is 45.9 Å². The number of carbonyl (C=O) groups excluding carboxylic acids is 1. The highest BCUT2D eigenvalue weighted by atomic mass is 32.1. The molecule has 3 rings (SSSR count).